The minimum absolute atomic E-state index is 0. The molecule has 0 saturated heterocycles. The fourth-order valence-electron chi connectivity index (χ4n) is 1.92. The first kappa shape index (κ1) is 19.2. The minimum atomic E-state index is -0.109. The van der Waals surface area contributed by atoms with Gasteiger partial charge in [-0.05, 0) is 13.2 Å². The molecule has 0 aliphatic carbocycles. The molecule has 1 aromatic rings. The van der Waals surface area contributed by atoms with Gasteiger partial charge in [0.15, 0.2) is 0 Å². The predicted molar refractivity (Wildman–Crippen MR) is 89.9 cm³/mol. The number of fused-ring (bicyclic) bond motifs is 3. The third kappa shape index (κ3) is 4.59. The van der Waals surface area contributed by atoms with Gasteiger partial charge in [0.05, 0.1) is 12.1 Å². The smallest absolute Gasteiger partial charge is 0.0694 e. The van der Waals surface area contributed by atoms with Crippen LogP contribution < -0.4 is 4.90 Å². The molecule has 0 bridgehead atoms. The van der Waals surface area contributed by atoms with Crippen molar-refractivity contribution in [2.24, 2.45) is 0 Å². The maximum absolute atomic E-state index is 8.01. The monoisotopic (exact) mass is 519 g/mol. The molecule has 1 aromatic carbocycles. The molecule has 0 spiro atoms. The number of nitrogens with zero attached hydrogens (tertiary/aromatic N) is 4. The van der Waals surface area contributed by atoms with Crippen LogP contribution in [0, 0.1) is 35.4 Å². The maximum atomic E-state index is 8.01. The van der Waals surface area contributed by atoms with E-state index in [1.807, 2.05) is 19.2 Å². The van der Waals surface area contributed by atoms with Crippen LogP contribution in [-0.4, -0.2) is 11.9 Å². The molecule has 3 rings (SSSR count). The molecule has 23 heavy (non-hydrogen) atoms. The molecule has 121 valence electrons. The number of allylic oxidation sites excluding steroid dienone is 3. The van der Waals surface area contributed by atoms with Crippen molar-refractivity contribution in [1.82, 2.24) is 4.90 Å². The molecular formula is C16H10AuN4S2-4. The molecular weight excluding hydrogens is 509 g/mol. The second-order valence-corrected chi connectivity index (χ2v) is 5.21. The van der Waals surface area contributed by atoms with Gasteiger partial charge in [-0.2, -0.15) is 41.5 Å². The maximum Gasteiger partial charge on any atom is 0.0694 e. The van der Waals surface area contributed by atoms with Crippen molar-refractivity contribution in [1.29, 1.82) is 10.5 Å². The molecule has 1 radical (unpaired) electrons. The van der Waals surface area contributed by atoms with Crippen LogP contribution in [0.25, 0.3) is 6.08 Å². The van der Waals surface area contributed by atoms with Gasteiger partial charge in [-0.25, -0.2) is 0 Å². The normalized spacial score (nSPS) is 14.7. The van der Waals surface area contributed by atoms with Crippen LogP contribution in [0.3, 0.4) is 0 Å². The van der Waals surface area contributed by atoms with E-state index in [0.717, 1.165) is 5.69 Å². The molecule has 0 unspecified atom stereocenters. The Morgan fingerprint density at radius 1 is 1.22 bits per heavy atom. The number of benzene rings is 1. The SMILES string of the molecule is CN1C=C2C=Cc3ccc[c-]c3N2[CH-]1.N#C/C([S-])=C(/[S-])C#N.[Au]. The van der Waals surface area contributed by atoms with Crippen LogP contribution in [0.1, 0.15) is 5.56 Å². The molecule has 7 heteroatoms. The van der Waals surface area contributed by atoms with E-state index in [0.29, 0.717) is 0 Å². The van der Waals surface area contributed by atoms with E-state index < -0.39 is 0 Å². The molecule has 4 nitrogen and oxygen atoms in total. The first-order valence-corrected chi connectivity index (χ1v) is 7.03. The zero-order valence-electron chi connectivity index (χ0n) is 11.9. The number of hydrogen-bond donors (Lipinski definition) is 0. The molecule has 2 aliphatic heterocycles. The van der Waals surface area contributed by atoms with Gasteiger partial charge >= 0.3 is 0 Å². The largest absolute Gasteiger partial charge is 0.770 e. The van der Waals surface area contributed by atoms with Crippen molar-refractivity contribution in [2.45, 2.75) is 0 Å². The van der Waals surface area contributed by atoms with Crippen molar-refractivity contribution in [3.8, 4) is 12.1 Å². The number of rotatable bonds is 0. The molecule has 2 aliphatic rings. The molecule has 0 amide bonds. The van der Waals surface area contributed by atoms with Gasteiger partial charge in [0.2, 0.25) is 0 Å². The summed E-state index contributed by atoms with van der Waals surface area (Å²) in [4.78, 5) is 3.98. The van der Waals surface area contributed by atoms with E-state index in [9.17, 15) is 0 Å². The second kappa shape index (κ2) is 8.73. The van der Waals surface area contributed by atoms with E-state index in [1.54, 1.807) is 12.1 Å². The Hall–Kier alpha value is -1.80. The summed E-state index contributed by atoms with van der Waals surface area (Å²) < 4.78 is 0. The molecule has 0 saturated carbocycles. The number of nitriles is 2. The third-order valence-electron chi connectivity index (χ3n) is 2.86. The topological polar surface area (TPSA) is 54.1 Å². The average Bonchev–Trinajstić information content (AvgIpc) is 2.94. The summed E-state index contributed by atoms with van der Waals surface area (Å²) >= 11 is 8.70. The first-order valence-electron chi connectivity index (χ1n) is 6.22. The van der Waals surface area contributed by atoms with Gasteiger partial charge in [-0.1, -0.05) is 11.8 Å². The van der Waals surface area contributed by atoms with Gasteiger partial charge in [-0.3, -0.25) is 0 Å². The number of para-hydroxylation sites is 1. The van der Waals surface area contributed by atoms with Crippen molar-refractivity contribution < 1.29 is 22.4 Å². The molecule has 0 aromatic heterocycles. The van der Waals surface area contributed by atoms with E-state index in [1.165, 1.54) is 11.3 Å². The van der Waals surface area contributed by atoms with Crippen molar-refractivity contribution in [3.05, 3.63) is 64.3 Å². The molecule has 0 N–H and O–H groups in total. The van der Waals surface area contributed by atoms with Crippen LogP contribution in [0.15, 0.2) is 46.0 Å². The van der Waals surface area contributed by atoms with Crippen molar-refractivity contribution >= 4 is 37.0 Å². The summed E-state index contributed by atoms with van der Waals surface area (Å²) in [6.07, 6.45) is 6.34. The zero-order chi connectivity index (χ0) is 16.1. The fraction of sp³-hybridized carbons (Fsp3) is 0.0625. The summed E-state index contributed by atoms with van der Waals surface area (Å²) in [5, 5.41) is 16.0. The Labute approximate surface area is 162 Å². The second-order valence-electron chi connectivity index (χ2n) is 4.39. The first-order chi connectivity index (χ1) is 10.6. The van der Waals surface area contributed by atoms with Gasteiger partial charge in [0, 0.05) is 28.1 Å². The van der Waals surface area contributed by atoms with Gasteiger partial charge in [-0.15, -0.1) is 21.4 Å². The van der Waals surface area contributed by atoms with Gasteiger partial charge < -0.3 is 35.1 Å². The van der Waals surface area contributed by atoms with Crippen LogP contribution >= 0.6 is 0 Å². The summed E-state index contributed by atoms with van der Waals surface area (Å²) in [5.41, 5.74) is 3.55. The zero-order valence-corrected chi connectivity index (χ0v) is 15.7. The van der Waals surface area contributed by atoms with Crippen LogP contribution in [-0.2, 0) is 47.6 Å². The standard InChI is InChI=1S/C12H10N2.C4H2N2S2.Au/c1-13-8-11-7-6-10-4-2-3-5-12(10)14(11)9-13;5-1-3(7)4(8)2-6;/h2-4,6-9H,1H3;7-8H;/q-2;;/p-2/b;4-3-;. The summed E-state index contributed by atoms with van der Waals surface area (Å²) in [6, 6.07) is 12.5. The molecule has 0 fully saturated rings. The fourth-order valence-corrected chi connectivity index (χ4v) is 2.02. The Morgan fingerprint density at radius 2 is 1.87 bits per heavy atom. The van der Waals surface area contributed by atoms with Gasteiger partial charge in [0.1, 0.15) is 0 Å². The van der Waals surface area contributed by atoms with E-state index in [2.05, 4.69) is 72.2 Å². The average molecular weight is 519 g/mol. The summed E-state index contributed by atoms with van der Waals surface area (Å²) in [5.74, 6) is 0. The quantitative estimate of drug-likeness (QED) is 0.228. The minimum Gasteiger partial charge on any atom is -0.770 e. The molecule has 0 atom stereocenters. The van der Waals surface area contributed by atoms with E-state index >= 15 is 0 Å². The Kier molecular flexibility index (Phi) is 7.31. The van der Waals surface area contributed by atoms with Gasteiger partial charge in [0.25, 0.3) is 0 Å². The predicted octanol–water partition coefficient (Wildman–Crippen LogP) is 2.56. The third-order valence-corrected chi connectivity index (χ3v) is 3.58. The Bertz CT molecular complexity index is 734. The van der Waals surface area contributed by atoms with Crippen LogP contribution in [0.4, 0.5) is 5.69 Å². The van der Waals surface area contributed by atoms with Crippen LogP contribution in [0.2, 0.25) is 0 Å². The van der Waals surface area contributed by atoms with Crippen molar-refractivity contribution in [3.63, 3.8) is 0 Å². The number of hydrogen-bond acceptors (Lipinski definition) is 6. The number of anilines is 1. The summed E-state index contributed by atoms with van der Waals surface area (Å²) in [6.45, 7) is 2.06. The Balaban J connectivity index is 0.000000258. The van der Waals surface area contributed by atoms with E-state index in [4.69, 9.17) is 10.5 Å². The molecule has 2 heterocycles. The summed E-state index contributed by atoms with van der Waals surface area (Å²) in [7, 11) is 2.03. The van der Waals surface area contributed by atoms with Crippen molar-refractivity contribution in [2.75, 3.05) is 11.9 Å². The Morgan fingerprint density at radius 3 is 2.48 bits per heavy atom. The van der Waals surface area contributed by atoms with E-state index in [-0.39, 0.29) is 32.2 Å². The van der Waals surface area contributed by atoms with Crippen LogP contribution in [0.5, 0.6) is 0 Å².